The minimum Gasteiger partial charge on any atom is -0.496 e. The molecule has 2 aromatic carbocycles. The number of benzene rings is 2. The fraction of sp³-hybridized carbons (Fsp3) is 0.143. The Morgan fingerprint density at radius 3 is 2.78 bits per heavy atom. The maximum absolute atomic E-state index is 13.3. The van der Waals surface area contributed by atoms with Crippen molar-refractivity contribution >= 4 is 5.91 Å². The molecule has 138 valence electrons. The monoisotopic (exact) mass is 366 g/mol. The van der Waals surface area contributed by atoms with Crippen LogP contribution in [-0.2, 0) is 6.54 Å². The highest BCUT2D eigenvalue weighted by Crippen LogP contribution is 2.24. The van der Waals surface area contributed by atoms with Crippen LogP contribution in [0.5, 0.6) is 17.4 Å². The molecule has 1 heterocycles. The number of aryl methyl sites for hydroxylation is 1. The molecule has 3 rings (SSSR count). The van der Waals surface area contributed by atoms with E-state index in [4.69, 9.17) is 9.47 Å². The molecule has 5 nitrogen and oxygen atoms in total. The van der Waals surface area contributed by atoms with E-state index < -0.39 is 5.82 Å². The van der Waals surface area contributed by atoms with Crippen LogP contribution in [0.2, 0.25) is 0 Å². The Balaban J connectivity index is 1.72. The van der Waals surface area contributed by atoms with E-state index in [1.807, 2.05) is 13.0 Å². The number of halogens is 1. The van der Waals surface area contributed by atoms with Gasteiger partial charge in [-0.3, -0.25) is 4.79 Å². The number of hydrogen-bond acceptors (Lipinski definition) is 4. The van der Waals surface area contributed by atoms with E-state index in [-0.39, 0.29) is 12.5 Å². The standard InChI is InChI=1S/C21H19FN2O3/c1-14-8-9-15(11-19(14)26-2)20(25)24-13-16-5-4-10-23-21(16)27-18-7-3-6-17(22)12-18/h3-12H,13H2,1-2H3,(H,24,25). The first-order valence-electron chi connectivity index (χ1n) is 8.37. The average Bonchev–Trinajstić information content (AvgIpc) is 2.67. The van der Waals surface area contributed by atoms with Gasteiger partial charge in [-0.15, -0.1) is 0 Å². The van der Waals surface area contributed by atoms with E-state index in [1.54, 1.807) is 49.7 Å². The van der Waals surface area contributed by atoms with Crippen LogP contribution in [0.4, 0.5) is 4.39 Å². The smallest absolute Gasteiger partial charge is 0.251 e. The Morgan fingerprint density at radius 2 is 2.00 bits per heavy atom. The molecule has 0 fully saturated rings. The largest absolute Gasteiger partial charge is 0.496 e. The number of carbonyl (C=O) groups excluding carboxylic acids is 1. The van der Waals surface area contributed by atoms with E-state index >= 15 is 0 Å². The van der Waals surface area contributed by atoms with Gasteiger partial charge in [0.05, 0.1) is 7.11 Å². The number of amides is 1. The van der Waals surface area contributed by atoms with Crippen LogP contribution in [0.25, 0.3) is 0 Å². The van der Waals surface area contributed by atoms with Crippen molar-refractivity contribution in [1.29, 1.82) is 0 Å². The minimum absolute atomic E-state index is 0.216. The summed E-state index contributed by atoms with van der Waals surface area (Å²) in [5, 5.41) is 2.84. The van der Waals surface area contributed by atoms with E-state index in [2.05, 4.69) is 10.3 Å². The molecule has 0 saturated heterocycles. The topological polar surface area (TPSA) is 60.5 Å². The molecule has 0 radical (unpaired) electrons. The lowest BCUT2D eigenvalue weighted by molar-refractivity contribution is 0.0950. The van der Waals surface area contributed by atoms with Crippen molar-refractivity contribution in [2.24, 2.45) is 0 Å². The molecular formula is C21H19FN2O3. The highest BCUT2D eigenvalue weighted by molar-refractivity contribution is 5.94. The summed E-state index contributed by atoms with van der Waals surface area (Å²) in [6.45, 7) is 2.12. The second kappa shape index (κ2) is 8.31. The summed E-state index contributed by atoms with van der Waals surface area (Å²) >= 11 is 0. The number of nitrogens with one attached hydrogen (secondary N) is 1. The van der Waals surface area contributed by atoms with Gasteiger partial charge in [-0.25, -0.2) is 9.37 Å². The van der Waals surface area contributed by atoms with Gasteiger partial charge in [-0.2, -0.15) is 0 Å². The van der Waals surface area contributed by atoms with E-state index in [9.17, 15) is 9.18 Å². The van der Waals surface area contributed by atoms with Gasteiger partial charge in [0, 0.05) is 29.9 Å². The lowest BCUT2D eigenvalue weighted by Crippen LogP contribution is -2.23. The van der Waals surface area contributed by atoms with Gasteiger partial charge in [0.1, 0.15) is 17.3 Å². The molecule has 0 aliphatic heterocycles. The highest BCUT2D eigenvalue weighted by atomic mass is 19.1. The fourth-order valence-electron chi connectivity index (χ4n) is 2.53. The molecule has 0 saturated carbocycles. The third-order valence-corrected chi connectivity index (χ3v) is 3.97. The van der Waals surface area contributed by atoms with Crippen LogP contribution in [0.3, 0.4) is 0 Å². The first kappa shape index (κ1) is 18.4. The van der Waals surface area contributed by atoms with E-state index in [1.165, 1.54) is 12.1 Å². The Labute approximate surface area is 156 Å². The van der Waals surface area contributed by atoms with Gasteiger partial charge < -0.3 is 14.8 Å². The summed E-state index contributed by atoms with van der Waals surface area (Å²) in [5.41, 5.74) is 2.12. The van der Waals surface area contributed by atoms with Crippen molar-refractivity contribution < 1.29 is 18.7 Å². The first-order chi connectivity index (χ1) is 13.1. The molecule has 6 heteroatoms. The maximum Gasteiger partial charge on any atom is 0.251 e. The molecular weight excluding hydrogens is 347 g/mol. The second-order valence-electron chi connectivity index (χ2n) is 5.89. The molecule has 0 aliphatic carbocycles. The third-order valence-electron chi connectivity index (χ3n) is 3.97. The molecule has 0 atom stereocenters. The summed E-state index contributed by atoms with van der Waals surface area (Å²) < 4.78 is 24.2. The van der Waals surface area contributed by atoms with Crippen molar-refractivity contribution in [2.45, 2.75) is 13.5 Å². The molecule has 0 spiro atoms. The van der Waals surface area contributed by atoms with Crippen LogP contribution < -0.4 is 14.8 Å². The number of carbonyl (C=O) groups is 1. The Morgan fingerprint density at radius 1 is 1.15 bits per heavy atom. The Bertz CT molecular complexity index is 960. The van der Waals surface area contributed by atoms with Crippen LogP contribution in [-0.4, -0.2) is 18.0 Å². The van der Waals surface area contributed by atoms with Gasteiger partial charge in [0.15, 0.2) is 0 Å². The summed E-state index contributed by atoms with van der Waals surface area (Å²) in [6.07, 6.45) is 1.57. The number of pyridine rings is 1. The van der Waals surface area contributed by atoms with Gasteiger partial charge >= 0.3 is 0 Å². The molecule has 0 aliphatic rings. The third kappa shape index (κ3) is 4.61. The zero-order valence-corrected chi connectivity index (χ0v) is 15.0. The summed E-state index contributed by atoms with van der Waals surface area (Å²) in [5.74, 6) is 0.661. The zero-order valence-electron chi connectivity index (χ0n) is 15.0. The molecule has 1 N–H and O–H groups in total. The summed E-state index contributed by atoms with van der Waals surface area (Å²) in [6, 6.07) is 14.6. The number of aromatic nitrogens is 1. The number of rotatable bonds is 6. The molecule has 0 bridgehead atoms. The van der Waals surface area contributed by atoms with Gasteiger partial charge in [-0.05, 0) is 42.8 Å². The van der Waals surface area contributed by atoms with Crippen molar-refractivity contribution in [1.82, 2.24) is 10.3 Å². The Kier molecular flexibility index (Phi) is 5.66. The molecule has 0 unspecified atom stereocenters. The molecule has 3 aromatic rings. The first-order valence-corrected chi connectivity index (χ1v) is 8.37. The maximum atomic E-state index is 13.3. The molecule has 1 aromatic heterocycles. The van der Waals surface area contributed by atoms with Gasteiger partial charge in [-0.1, -0.05) is 18.2 Å². The van der Waals surface area contributed by atoms with E-state index in [0.717, 1.165) is 5.56 Å². The van der Waals surface area contributed by atoms with Crippen LogP contribution in [0, 0.1) is 12.7 Å². The van der Waals surface area contributed by atoms with Crippen molar-refractivity contribution in [3.8, 4) is 17.4 Å². The number of nitrogens with zero attached hydrogens (tertiary/aromatic N) is 1. The zero-order chi connectivity index (χ0) is 19.2. The van der Waals surface area contributed by atoms with Crippen molar-refractivity contribution in [3.63, 3.8) is 0 Å². The normalized spacial score (nSPS) is 10.3. The number of methoxy groups -OCH3 is 1. The number of hydrogen-bond donors (Lipinski definition) is 1. The van der Waals surface area contributed by atoms with Crippen LogP contribution in [0.1, 0.15) is 21.5 Å². The summed E-state index contributed by atoms with van der Waals surface area (Å²) in [7, 11) is 1.57. The lowest BCUT2D eigenvalue weighted by Gasteiger charge is -2.12. The second-order valence-corrected chi connectivity index (χ2v) is 5.89. The quantitative estimate of drug-likeness (QED) is 0.708. The Hall–Kier alpha value is -3.41. The number of ether oxygens (including phenoxy) is 2. The lowest BCUT2D eigenvalue weighted by atomic mass is 10.1. The summed E-state index contributed by atoms with van der Waals surface area (Å²) in [4.78, 5) is 16.6. The average molecular weight is 366 g/mol. The molecule has 27 heavy (non-hydrogen) atoms. The van der Waals surface area contributed by atoms with Gasteiger partial charge in [0.25, 0.3) is 5.91 Å². The predicted octanol–water partition coefficient (Wildman–Crippen LogP) is 4.26. The van der Waals surface area contributed by atoms with E-state index in [0.29, 0.717) is 28.5 Å². The van der Waals surface area contributed by atoms with Crippen molar-refractivity contribution in [2.75, 3.05) is 7.11 Å². The fourth-order valence-corrected chi connectivity index (χ4v) is 2.53. The molecule has 1 amide bonds. The predicted molar refractivity (Wildman–Crippen MR) is 99.6 cm³/mol. The van der Waals surface area contributed by atoms with Crippen LogP contribution >= 0.6 is 0 Å². The minimum atomic E-state index is -0.397. The van der Waals surface area contributed by atoms with Crippen LogP contribution in [0.15, 0.2) is 60.8 Å². The SMILES string of the molecule is COc1cc(C(=O)NCc2cccnc2Oc2cccc(F)c2)ccc1C. The highest BCUT2D eigenvalue weighted by Gasteiger charge is 2.11. The van der Waals surface area contributed by atoms with Crippen molar-refractivity contribution in [3.05, 3.63) is 83.3 Å². The van der Waals surface area contributed by atoms with Gasteiger partial charge in [0.2, 0.25) is 5.88 Å².